The monoisotopic (exact) mass is 524 g/mol. The first-order chi connectivity index (χ1) is 18.3. The summed E-state index contributed by atoms with van der Waals surface area (Å²) < 4.78 is 9.81. The lowest BCUT2D eigenvalue weighted by Crippen LogP contribution is -2.43. The molecule has 1 aliphatic rings. The first-order valence-electron chi connectivity index (χ1n) is 12.3. The van der Waals surface area contributed by atoms with E-state index in [1.807, 2.05) is 42.6 Å². The van der Waals surface area contributed by atoms with E-state index in [0.717, 1.165) is 53.6 Å². The van der Waals surface area contributed by atoms with E-state index in [1.165, 1.54) is 0 Å². The van der Waals surface area contributed by atoms with Crippen molar-refractivity contribution >= 4 is 23.3 Å². The van der Waals surface area contributed by atoms with Crippen molar-refractivity contribution in [3.63, 3.8) is 0 Å². The highest BCUT2D eigenvalue weighted by Crippen LogP contribution is 2.32. The van der Waals surface area contributed by atoms with Crippen molar-refractivity contribution in [3.05, 3.63) is 72.2 Å². The van der Waals surface area contributed by atoms with E-state index in [0.29, 0.717) is 16.8 Å². The molecule has 9 heteroatoms. The van der Waals surface area contributed by atoms with Gasteiger partial charge < -0.3 is 14.7 Å². The van der Waals surface area contributed by atoms with Gasteiger partial charge in [0.15, 0.2) is 0 Å². The first-order valence-corrected chi connectivity index (χ1v) is 13.1. The molecule has 1 fully saturated rings. The number of rotatable bonds is 7. The van der Waals surface area contributed by atoms with Crippen LogP contribution in [0, 0.1) is 23.7 Å². The van der Waals surface area contributed by atoms with Crippen molar-refractivity contribution < 1.29 is 9.84 Å². The second-order valence-corrected chi connectivity index (χ2v) is 10.9. The molecule has 4 heterocycles. The first kappa shape index (κ1) is 25.6. The van der Waals surface area contributed by atoms with Crippen LogP contribution in [0.15, 0.2) is 66.0 Å². The average molecular weight is 525 g/mol. The van der Waals surface area contributed by atoms with Crippen molar-refractivity contribution in [2.45, 2.75) is 24.3 Å². The highest BCUT2D eigenvalue weighted by atomic mass is 32.2. The molecule has 38 heavy (non-hydrogen) atoms. The summed E-state index contributed by atoms with van der Waals surface area (Å²) in [5.74, 6) is 4.15. The molecule has 8 nitrogen and oxygen atoms in total. The number of fused-ring (bicyclic) bond motifs is 1. The van der Waals surface area contributed by atoms with Crippen LogP contribution in [-0.4, -0.2) is 62.4 Å². The molecule has 0 unspecified atom stereocenters. The maximum absolute atomic E-state index is 10.1. The lowest BCUT2D eigenvalue weighted by molar-refractivity contribution is 0.0283. The molecule has 1 aliphatic heterocycles. The minimum Gasteiger partial charge on any atom is -0.489 e. The molecule has 192 valence electrons. The van der Waals surface area contributed by atoms with Gasteiger partial charge in [0, 0.05) is 54.0 Å². The maximum atomic E-state index is 10.1. The minimum atomic E-state index is -0.978. The zero-order valence-electron chi connectivity index (χ0n) is 21.3. The van der Waals surface area contributed by atoms with E-state index >= 15 is 0 Å². The van der Waals surface area contributed by atoms with Crippen molar-refractivity contribution in [3.8, 4) is 35.3 Å². The molecule has 0 spiro atoms. The fourth-order valence-corrected chi connectivity index (χ4v) is 5.23. The van der Waals surface area contributed by atoms with Crippen LogP contribution in [0.25, 0.3) is 16.6 Å². The van der Waals surface area contributed by atoms with Crippen LogP contribution in [0.4, 0.5) is 5.82 Å². The summed E-state index contributed by atoms with van der Waals surface area (Å²) in [6.07, 6.45) is 10.6. The minimum absolute atomic E-state index is 0.126. The van der Waals surface area contributed by atoms with E-state index in [2.05, 4.69) is 32.4 Å². The number of aliphatic hydroxyl groups is 1. The largest absolute Gasteiger partial charge is 0.489 e. The molecule has 0 saturated carbocycles. The summed E-state index contributed by atoms with van der Waals surface area (Å²) in [4.78, 5) is 8.18. The number of terminal acetylenes is 1. The van der Waals surface area contributed by atoms with Gasteiger partial charge in [-0.25, -0.2) is 13.8 Å². The van der Waals surface area contributed by atoms with Gasteiger partial charge >= 0.3 is 0 Å². The normalized spacial score (nSPS) is 14.3. The quantitative estimate of drug-likeness (QED) is 0.284. The van der Waals surface area contributed by atoms with Gasteiger partial charge in [-0.2, -0.15) is 10.4 Å². The van der Waals surface area contributed by atoms with Crippen molar-refractivity contribution in [1.29, 1.82) is 5.26 Å². The van der Waals surface area contributed by atoms with Gasteiger partial charge in [0.05, 0.1) is 29.1 Å². The summed E-state index contributed by atoms with van der Waals surface area (Å²) in [5.41, 5.74) is 2.72. The third kappa shape index (κ3) is 5.76. The summed E-state index contributed by atoms with van der Waals surface area (Å²) in [5, 5.41) is 24.0. The number of aromatic nitrogens is 3. The van der Waals surface area contributed by atoms with E-state index < -0.39 is 5.60 Å². The third-order valence-corrected chi connectivity index (χ3v) is 7.24. The van der Waals surface area contributed by atoms with Gasteiger partial charge in [-0.1, -0.05) is 12.0 Å². The summed E-state index contributed by atoms with van der Waals surface area (Å²) >= 11 is 1.73. The zero-order valence-corrected chi connectivity index (χ0v) is 22.1. The fraction of sp³-hybridized carbons (Fsp3) is 0.276. The Morgan fingerprint density at radius 1 is 1.13 bits per heavy atom. The second-order valence-electron chi connectivity index (χ2n) is 9.74. The van der Waals surface area contributed by atoms with Gasteiger partial charge in [-0.15, -0.1) is 6.42 Å². The van der Waals surface area contributed by atoms with Crippen LogP contribution in [0.5, 0.6) is 5.75 Å². The lowest BCUT2D eigenvalue weighted by Gasteiger charge is -2.34. The predicted molar refractivity (Wildman–Crippen MR) is 149 cm³/mol. The molecule has 1 aromatic carbocycles. The van der Waals surface area contributed by atoms with Crippen LogP contribution >= 0.6 is 11.9 Å². The number of ether oxygens (including phenoxy) is 1. The standard InChI is InChI=1S/C29H28N6O2S/c1-4-21-6-5-7-25(14-21)38-34-12-10-33(11-13-34)27-9-8-22(17-31-27)26-15-24(37-20-29(2,3)36)19-35-28(26)23(16-30)18-32-35/h1,5-9,14-15,17-19,36H,10-13,20H2,2-3H3. The molecule has 3 aromatic heterocycles. The Labute approximate surface area is 226 Å². The number of benzene rings is 1. The Morgan fingerprint density at radius 3 is 2.63 bits per heavy atom. The highest BCUT2D eigenvalue weighted by molar-refractivity contribution is 7.97. The Hall–Kier alpha value is -4.02. The Balaban J connectivity index is 1.32. The molecular formula is C29H28N6O2S. The highest BCUT2D eigenvalue weighted by Gasteiger charge is 2.20. The van der Waals surface area contributed by atoms with E-state index in [9.17, 15) is 10.4 Å². The zero-order chi connectivity index (χ0) is 26.7. The SMILES string of the molecule is C#Cc1cccc(SN2CCN(c3ccc(-c4cc(OCC(C)(C)O)cn5ncc(C#N)c45)cn3)CC2)c1. The summed E-state index contributed by atoms with van der Waals surface area (Å²) in [6.45, 7) is 7.02. The van der Waals surface area contributed by atoms with Gasteiger partial charge in [0.2, 0.25) is 0 Å². The second kappa shape index (κ2) is 10.8. The molecule has 0 atom stereocenters. The lowest BCUT2D eigenvalue weighted by atomic mass is 10.1. The summed E-state index contributed by atoms with van der Waals surface area (Å²) in [6, 6.07) is 16.2. The third-order valence-electron chi connectivity index (χ3n) is 6.16. The van der Waals surface area contributed by atoms with Gasteiger partial charge in [0.25, 0.3) is 0 Å². The van der Waals surface area contributed by atoms with Crippen LogP contribution in [0.2, 0.25) is 0 Å². The fourth-order valence-electron chi connectivity index (χ4n) is 4.27. The van der Waals surface area contributed by atoms with E-state index in [1.54, 1.807) is 42.7 Å². The molecule has 4 aromatic rings. The number of anilines is 1. The van der Waals surface area contributed by atoms with E-state index in [4.69, 9.17) is 16.1 Å². The number of hydrogen-bond donors (Lipinski definition) is 1. The number of nitriles is 1. The molecule has 0 radical (unpaired) electrons. The number of piperazine rings is 1. The van der Waals surface area contributed by atoms with Gasteiger partial charge in [-0.05, 0) is 62.2 Å². The van der Waals surface area contributed by atoms with Crippen LogP contribution in [-0.2, 0) is 0 Å². The number of nitrogens with zero attached hydrogens (tertiary/aromatic N) is 6. The van der Waals surface area contributed by atoms with Crippen molar-refractivity contribution in [1.82, 2.24) is 18.9 Å². The maximum Gasteiger partial charge on any atom is 0.138 e. The van der Waals surface area contributed by atoms with Crippen molar-refractivity contribution in [2.24, 2.45) is 0 Å². The molecule has 0 amide bonds. The average Bonchev–Trinajstić information content (AvgIpc) is 3.35. The Morgan fingerprint density at radius 2 is 1.95 bits per heavy atom. The van der Waals surface area contributed by atoms with E-state index in [-0.39, 0.29) is 6.61 Å². The molecule has 5 rings (SSSR count). The molecular weight excluding hydrogens is 496 g/mol. The molecule has 0 bridgehead atoms. The summed E-state index contributed by atoms with van der Waals surface area (Å²) in [7, 11) is 0. The van der Waals surface area contributed by atoms with Crippen molar-refractivity contribution in [2.75, 3.05) is 37.7 Å². The molecule has 0 aliphatic carbocycles. The predicted octanol–water partition coefficient (Wildman–Crippen LogP) is 4.23. The Kier molecular flexibility index (Phi) is 7.26. The molecule has 1 saturated heterocycles. The number of hydrogen-bond acceptors (Lipinski definition) is 8. The number of pyridine rings is 2. The molecule has 1 N–H and O–H groups in total. The Bertz CT molecular complexity index is 1520. The van der Waals surface area contributed by atoms with Crippen LogP contribution in [0.1, 0.15) is 25.0 Å². The van der Waals surface area contributed by atoms with Crippen LogP contribution in [0.3, 0.4) is 0 Å². The topological polar surface area (TPSA) is 89.9 Å². The van der Waals surface area contributed by atoms with Gasteiger partial charge in [-0.3, -0.25) is 0 Å². The van der Waals surface area contributed by atoms with Crippen LogP contribution < -0.4 is 9.64 Å². The van der Waals surface area contributed by atoms with Gasteiger partial charge in [0.1, 0.15) is 24.2 Å². The smallest absolute Gasteiger partial charge is 0.138 e.